The molecule has 13 heavy (non-hydrogen) atoms. The van der Waals surface area contributed by atoms with Gasteiger partial charge in [-0.15, -0.1) is 0 Å². The van der Waals surface area contributed by atoms with Gasteiger partial charge in [0.25, 0.3) is 0 Å². The van der Waals surface area contributed by atoms with Crippen LogP contribution in [0.5, 0.6) is 0 Å². The zero-order chi connectivity index (χ0) is 9.84. The highest BCUT2D eigenvalue weighted by Gasteiger charge is 2.07. The van der Waals surface area contributed by atoms with Crippen LogP contribution in [0.4, 0.5) is 8.78 Å². The van der Waals surface area contributed by atoms with Crippen molar-refractivity contribution in [2.45, 2.75) is 19.4 Å². The number of nitrogens with one attached hydrogen (secondary N) is 1. The molecule has 0 aliphatic heterocycles. The quantitative estimate of drug-likeness (QED) is 0.552. The van der Waals surface area contributed by atoms with E-state index >= 15 is 0 Å². The average molecular weight is 186 g/mol. The maximum atomic E-state index is 13.0. The Morgan fingerprint density at radius 3 is 2.77 bits per heavy atom. The lowest BCUT2D eigenvalue weighted by Gasteiger charge is -2.10. The molecule has 0 saturated carbocycles. The second-order valence-corrected chi connectivity index (χ2v) is 3.01. The van der Waals surface area contributed by atoms with Gasteiger partial charge in [-0.1, -0.05) is 0 Å². The predicted octanol–water partition coefficient (Wildman–Crippen LogP) is 1.36. The van der Waals surface area contributed by atoms with Crippen molar-refractivity contribution in [2.24, 2.45) is 5.84 Å². The van der Waals surface area contributed by atoms with Gasteiger partial charge in [0.1, 0.15) is 11.6 Å². The molecular weight excluding hydrogens is 174 g/mol. The van der Waals surface area contributed by atoms with Crippen molar-refractivity contribution in [1.82, 2.24) is 5.43 Å². The minimum absolute atomic E-state index is 0.0729. The van der Waals surface area contributed by atoms with Gasteiger partial charge in [0, 0.05) is 6.04 Å². The molecule has 0 aromatic heterocycles. The maximum Gasteiger partial charge on any atom is 0.126 e. The molecule has 2 nitrogen and oxygen atoms in total. The normalized spacial score (nSPS) is 12.9. The number of rotatable bonds is 3. The summed E-state index contributed by atoms with van der Waals surface area (Å²) in [4.78, 5) is 0. The lowest BCUT2D eigenvalue weighted by molar-refractivity contribution is 0.533. The van der Waals surface area contributed by atoms with Crippen molar-refractivity contribution in [3.8, 4) is 0 Å². The van der Waals surface area contributed by atoms with Gasteiger partial charge in [-0.3, -0.25) is 11.3 Å². The maximum absolute atomic E-state index is 13.0. The smallest absolute Gasteiger partial charge is 0.126 e. The fraction of sp³-hybridized carbons (Fsp3) is 0.333. The van der Waals surface area contributed by atoms with Crippen LogP contribution in [0.25, 0.3) is 0 Å². The monoisotopic (exact) mass is 186 g/mol. The van der Waals surface area contributed by atoms with Crippen LogP contribution in [0.1, 0.15) is 12.5 Å². The SMILES string of the molecule is CC(Cc1cc(F)ccc1F)NN. The average Bonchev–Trinajstić information content (AvgIpc) is 2.11. The summed E-state index contributed by atoms with van der Waals surface area (Å²) in [7, 11) is 0. The van der Waals surface area contributed by atoms with Crippen LogP contribution in [-0.4, -0.2) is 6.04 Å². The second-order valence-electron chi connectivity index (χ2n) is 3.01. The largest absolute Gasteiger partial charge is 0.271 e. The molecule has 0 amide bonds. The molecule has 0 bridgehead atoms. The third kappa shape index (κ3) is 2.75. The van der Waals surface area contributed by atoms with Crippen LogP contribution in [0.15, 0.2) is 18.2 Å². The van der Waals surface area contributed by atoms with Gasteiger partial charge in [-0.25, -0.2) is 8.78 Å². The lowest BCUT2D eigenvalue weighted by atomic mass is 10.1. The first-order valence-corrected chi connectivity index (χ1v) is 4.03. The molecule has 0 aliphatic carbocycles. The Balaban J connectivity index is 2.81. The van der Waals surface area contributed by atoms with E-state index < -0.39 is 11.6 Å². The zero-order valence-electron chi connectivity index (χ0n) is 7.35. The van der Waals surface area contributed by atoms with Gasteiger partial charge in [-0.05, 0) is 37.1 Å². The minimum Gasteiger partial charge on any atom is -0.271 e. The Labute approximate surface area is 75.7 Å². The van der Waals surface area contributed by atoms with Gasteiger partial charge < -0.3 is 0 Å². The van der Waals surface area contributed by atoms with Crippen molar-refractivity contribution < 1.29 is 8.78 Å². The van der Waals surface area contributed by atoms with E-state index in [1.807, 2.05) is 0 Å². The van der Waals surface area contributed by atoms with E-state index in [0.717, 1.165) is 12.1 Å². The van der Waals surface area contributed by atoms with E-state index in [9.17, 15) is 8.78 Å². The zero-order valence-corrected chi connectivity index (χ0v) is 7.35. The van der Waals surface area contributed by atoms with Crippen molar-refractivity contribution in [3.05, 3.63) is 35.4 Å². The Kier molecular flexibility index (Phi) is 3.33. The number of benzene rings is 1. The molecule has 0 saturated heterocycles. The fourth-order valence-electron chi connectivity index (χ4n) is 1.09. The first kappa shape index (κ1) is 10.1. The van der Waals surface area contributed by atoms with E-state index in [-0.39, 0.29) is 6.04 Å². The number of hydrazine groups is 1. The fourth-order valence-corrected chi connectivity index (χ4v) is 1.09. The van der Waals surface area contributed by atoms with Gasteiger partial charge in [-0.2, -0.15) is 0 Å². The number of hydrogen-bond donors (Lipinski definition) is 2. The Morgan fingerprint density at radius 2 is 2.15 bits per heavy atom. The standard InChI is InChI=1S/C9H12F2N2/c1-6(13-12)4-7-5-8(10)2-3-9(7)11/h2-3,5-6,13H,4,12H2,1H3. The van der Waals surface area contributed by atoms with Crippen LogP contribution in [-0.2, 0) is 6.42 Å². The highest BCUT2D eigenvalue weighted by Crippen LogP contribution is 2.11. The molecule has 1 unspecified atom stereocenters. The summed E-state index contributed by atoms with van der Waals surface area (Å²) in [5, 5.41) is 0. The molecule has 0 spiro atoms. The van der Waals surface area contributed by atoms with Crippen LogP contribution in [0.3, 0.4) is 0 Å². The molecule has 0 radical (unpaired) electrons. The summed E-state index contributed by atoms with van der Waals surface area (Å²) in [6, 6.07) is 3.33. The molecule has 3 N–H and O–H groups in total. The van der Waals surface area contributed by atoms with Gasteiger partial charge >= 0.3 is 0 Å². The van der Waals surface area contributed by atoms with Crippen LogP contribution < -0.4 is 11.3 Å². The topological polar surface area (TPSA) is 38.0 Å². The first-order chi connectivity index (χ1) is 6.13. The summed E-state index contributed by atoms with van der Waals surface area (Å²) in [5.74, 6) is 4.31. The Bertz CT molecular complexity index is 289. The highest BCUT2D eigenvalue weighted by atomic mass is 19.1. The predicted molar refractivity (Wildman–Crippen MR) is 46.8 cm³/mol. The molecule has 1 atom stereocenters. The Morgan fingerprint density at radius 1 is 1.46 bits per heavy atom. The molecule has 0 aliphatic rings. The minimum atomic E-state index is -0.430. The third-order valence-corrected chi connectivity index (χ3v) is 1.82. The molecule has 1 rings (SSSR count). The van der Waals surface area contributed by atoms with Gasteiger partial charge in [0.15, 0.2) is 0 Å². The van der Waals surface area contributed by atoms with Gasteiger partial charge in [0.2, 0.25) is 0 Å². The molecule has 1 aromatic carbocycles. The molecule has 0 heterocycles. The summed E-state index contributed by atoms with van der Waals surface area (Å²) >= 11 is 0. The van der Waals surface area contributed by atoms with Crippen LogP contribution in [0.2, 0.25) is 0 Å². The number of nitrogens with two attached hydrogens (primary N) is 1. The molecule has 1 aromatic rings. The van der Waals surface area contributed by atoms with Crippen molar-refractivity contribution in [2.75, 3.05) is 0 Å². The molecule has 0 fully saturated rings. The summed E-state index contributed by atoms with van der Waals surface area (Å²) in [6.45, 7) is 1.80. The van der Waals surface area contributed by atoms with E-state index in [1.165, 1.54) is 6.07 Å². The van der Waals surface area contributed by atoms with Crippen LogP contribution in [0, 0.1) is 11.6 Å². The first-order valence-electron chi connectivity index (χ1n) is 4.03. The van der Waals surface area contributed by atoms with E-state index in [2.05, 4.69) is 5.43 Å². The highest BCUT2D eigenvalue weighted by molar-refractivity contribution is 5.19. The summed E-state index contributed by atoms with van der Waals surface area (Å²) < 4.78 is 25.7. The lowest BCUT2D eigenvalue weighted by Crippen LogP contribution is -2.34. The Hall–Kier alpha value is -1.00. The molecular formula is C9H12F2N2. The van der Waals surface area contributed by atoms with Crippen LogP contribution >= 0.6 is 0 Å². The number of hydrogen-bond acceptors (Lipinski definition) is 2. The van der Waals surface area contributed by atoms with E-state index in [1.54, 1.807) is 6.92 Å². The van der Waals surface area contributed by atoms with E-state index in [4.69, 9.17) is 5.84 Å². The van der Waals surface area contributed by atoms with Crippen molar-refractivity contribution >= 4 is 0 Å². The second kappa shape index (κ2) is 4.30. The van der Waals surface area contributed by atoms with E-state index in [0.29, 0.717) is 12.0 Å². The number of halogens is 2. The summed E-state index contributed by atoms with van der Waals surface area (Å²) in [5.41, 5.74) is 2.81. The van der Waals surface area contributed by atoms with Crippen molar-refractivity contribution in [3.63, 3.8) is 0 Å². The molecule has 4 heteroatoms. The van der Waals surface area contributed by atoms with Gasteiger partial charge in [0.05, 0.1) is 0 Å². The molecule has 72 valence electrons. The summed E-state index contributed by atoms with van der Waals surface area (Å²) in [6.07, 6.45) is 0.375. The third-order valence-electron chi connectivity index (χ3n) is 1.82. The van der Waals surface area contributed by atoms with Crippen molar-refractivity contribution in [1.29, 1.82) is 0 Å².